The number of carbonyl (C=O) groups is 2. The van der Waals surface area contributed by atoms with Gasteiger partial charge in [-0.2, -0.15) is 0 Å². The molecule has 5 heteroatoms. The van der Waals surface area contributed by atoms with Crippen molar-refractivity contribution in [3.05, 3.63) is 0 Å². The monoisotopic (exact) mass is 147 g/mol. The Kier molecular flexibility index (Phi) is 3.42. The summed E-state index contributed by atoms with van der Waals surface area (Å²) in [6, 6.07) is -0.865. The van der Waals surface area contributed by atoms with E-state index in [0.717, 1.165) is 0 Å². The van der Waals surface area contributed by atoms with Crippen LogP contribution in [0.1, 0.15) is 6.92 Å². The van der Waals surface area contributed by atoms with Gasteiger partial charge in [0, 0.05) is 0 Å². The van der Waals surface area contributed by atoms with Gasteiger partial charge >= 0.3 is 5.97 Å². The van der Waals surface area contributed by atoms with Gasteiger partial charge in [-0.05, 0) is 6.92 Å². The third-order valence-electron chi connectivity index (χ3n) is 0.933. The van der Waals surface area contributed by atoms with E-state index >= 15 is 0 Å². The molecule has 0 aliphatic rings. The standard InChI is InChI=1S/C5H10N2O3/c1-3(5(9)10)7-4(8)2-6/h3H,2,6H2,1H3,(H,7,8)(H,9,10)/t3-/m0/s1/i8+1. The second-order valence-corrected chi connectivity index (χ2v) is 1.83. The molecule has 0 aromatic heterocycles. The highest BCUT2D eigenvalue weighted by molar-refractivity contribution is 5.84. The molecule has 0 heterocycles. The Morgan fingerprint density at radius 3 is 2.70 bits per heavy atom. The first-order valence-electron chi connectivity index (χ1n) is 2.80. The first-order chi connectivity index (χ1) is 4.57. The molecule has 0 rings (SSSR count). The Balaban J connectivity index is 3.68. The van der Waals surface area contributed by atoms with Crippen LogP contribution in [-0.4, -0.2) is 29.6 Å². The molecular weight excluding hydrogens is 137 g/mol. The summed E-state index contributed by atoms with van der Waals surface area (Å²) in [5, 5.41) is 10.4. The second kappa shape index (κ2) is 3.84. The largest absolute Gasteiger partial charge is 0.480 e. The Morgan fingerprint density at radius 1 is 1.90 bits per heavy atom. The summed E-state index contributed by atoms with van der Waals surface area (Å²) in [6.07, 6.45) is 0. The third kappa shape index (κ3) is 3.03. The first kappa shape index (κ1) is 8.90. The fourth-order valence-electron chi connectivity index (χ4n) is 0.362. The molecule has 4 N–H and O–H groups in total. The maximum atomic E-state index is 10.4. The molecule has 1 amide bonds. The van der Waals surface area contributed by atoms with Crippen LogP contribution in [0.15, 0.2) is 0 Å². The average Bonchev–Trinajstić information content (AvgIpc) is 1.87. The van der Waals surface area contributed by atoms with Crippen molar-refractivity contribution < 1.29 is 14.7 Å². The van der Waals surface area contributed by atoms with Crippen molar-refractivity contribution in [1.29, 1.82) is 0 Å². The van der Waals surface area contributed by atoms with Crippen LogP contribution < -0.4 is 11.1 Å². The topological polar surface area (TPSA) is 92.4 Å². The van der Waals surface area contributed by atoms with Crippen molar-refractivity contribution in [2.24, 2.45) is 5.73 Å². The lowest BCUT2D eigenvalue weighted by Crippen LogP contribution is -2.41. The fraction of sp³-hybridized carbons (Fsp3) is 0.600. The maximum Gasteiger partial charge on any atom is 0.325 e. The van der Waals surface area contributed by atoms with Crippen LogP contribution in [0.5, 0.6) is 0 Å². The van der Waals surface area contributed by atoms with Gasteiger partial charge in [0.25, 0.3) is 0 Å². The molecule has 0 unspecified atom stereocenters. The molecule has 0 bridgehead atoms. The molecule has 10 heavy (non-hydrogen) atoms. The van der Waals surface area contributed by atoms with E-state index in [0.29, 0.717) is 0 Å². The second-order valence-electron chi connectivity index (χ2n) is 1.83. The van der Waals surface area contributed by atoms with Gasteiger partial charge in [0.1, 0.15) is 6.04 Å². The van der Waals surface area contributed by atoms with Crippen molar-refractivity contribution in [3.63, 3.8) is 0 Å². The average molecular weight is 147 g/mol. The lowest BCUT2D eigenvalue weighted by atomic mass is 10.3. The first-order valence-corrected chi connectivity index (χ1v) is 2.80. The molecule has 0 fully saturated rings. The summed E-state index contributed by atoms with van der Waals surface area (Å²) in [7, 11) is 0. The summed E-state index contributed by atoms with van der Waals surface area (Å²) >= 11 is 0. The maximum absolute atomic E-state index is 10.4. The van der Waals surface area contributed by atoms with Gasteiger partial charge in [0.2, 0.25) is 5.91 Å². The highest BCUT2D eigenvalue weighted by atomic mass is 17.1. The van der Waals surface area contributed by atoms with E-state index in [1.165, 1.54) is 6.92 Å². The predicted molar refractivity (Wildman–Crippen MR) is 34.3 cm³/mol. The van der Waals surface area contributed by atoms with E-state index in [1.54, 1.807) is 0 Å². The number of carboxylic acids is 1. The minimum Gasteiger partial charge on any atom is -0.480 e. The van der Waals surface area contributed by atoms with Gasteiger partial charge in [0.15, 0.2) is 0 Å². The Morgan fingerprint density at radius 2 is 2.40 bits per heavy atom. The van der Waals surface area contributed by atoms with Crippen LogP contribution >= 0.6 is 0 Å². The van der Waals surface area contributed by atoms with Gasteiger partial charge in [-0.3, -0.25) is 9.59 Å². The molecule has 0 radical (unpaired) electrons. The zero-order valence-electron chi connectivity index (χ0n) is 5.63. The van der Waals surface area contributed by atoms with Crippen LogP contribution in [-0.2, 0) is 9.59 Å². The van der Waals surface area contributed by atoms with Gasteiger partial charge < -0.3 is 16.2 Å². The van der Waals surface area contributed by atoms with E-state index in [9.17, 15) is 9.59 Å². The van der Waals surface area contributed by atoms with Crippen molar-refractivity contribution in [2.45, 2.75) is 13.0 Å². The molecule has 0 spiro atoms. The molecule has 0 saturated heterocycles. The smallest absolute Gasteiger partial charge is 0.325 e. The van der Waals surface area contributed by atoms with Gasteiger partial charge in [0.05, 0.1) is 6.54 Å². The zero-order valence-corrected chi connectivity index (χ0v) is 5.63. The summed E-state index contributed by atoms with van der Waals surface area (Å²) < 4.78 is 0. The van der Waals surface area contributed by atoms with E-state index in [2.05, 4.69) is 5.32 Å². The van der Waals surface area contributed by atoms with E-state index in [-0.39, 0.29) is 6.54 Å². The van der Waals surface area contributed by atoms with Gasteiger partial charge in [-0.25, -0.2) is 0 Å². The Bertz CT molecular complexity index is 146. The van der Waals surface area contributed by atoms with Crippen LogP contribution in [0.3, 0.4) is 0 Å². The van der Waals surface area contributed by atoms with E-state index in [1.807, 2.05) is 0 Å². The number of nitrogens with one attached hydrogen (secondary N) is 1. The number of hydrogen-bond donors (Lipinski definition) is 3. The molecule has 0 saturated carbocycles. The molecule has 0 aromatic rings. The van der Waals surface area contributed by atoms with Gasteiger partial charge in [-0.1, -0.05) is 0 Å². The number of rotatable bonds is 3. The highest BCUT2D eigenvalue weighted by Crippen LogP contribution is 1.78. The Labute approximate surface area is 58.2 Å². The fourth-order valence-corrected chi connectivity index (χ4v) is 0.362. The van der Waals surface area contributed by atoms with Crippen LogP contribution in [0.25, 0.3) is 0 Å². The summed E-state index contributed by atoms with van der Waals surface area (Å²) in [4.78, 5) is 20.5. The lowest BCUT2D eigenvalue weighted by Gasteiger charge is -2.06. The molecule has 58 valence electrons. The highest BCUT2D eigenvalue weighted by Gasteiger charge is 2.11. The number of hydrogen-bond acceptors (Lipinski definition) is 3. The molecule has 0 aromatic carbocycles. The van der Waals surface area contributed by atoms with Crippen LogP contribution in [0.4, 0.5) is 0 Å². The van der Waals surface area contributed by atoms with Gasteiger partial charge in [-0.15, -0.1) is 0 Å². The SMILES string of the molecule is C[C@H](NC(=[17O])CN)C(=O)O. The Hall–Kier alpha value is -1.10. The van der Waals surface area contributed by atoms with E-state index < -0.39 is 17.9 Å². The van der Waals surface area contributed by atoms with E-state index in [4.69, 9.17) is 10.8 Å². The zero-order chi connectivity index (χ0) is 8.15. The van der Waals surface area contributed by atoms with Crippen molar-refractivity contribution in [1.82, 2.24) is 5.32 Å². The minimum atomic E-state index is -1.07. The number of nitrogens with two attached hydrogens (primary N) is 1. The predicted octanol–water partition coefficient (Wildman–Crippen LogP) is -1.47. The summed E-state index contributed by atoms with van der Waals surface area (Å²) in [6.45, 7) is 1.19. The number of carboxylic acid groups (broad SMARTS) is 1. The summed E-state index contributed by atoms with van der Waals surface area (Å²) in [5.74, 6) is -1.53. The summed E-state index contributed by atoms with van der Waals surface area (Å²) in [5.41, 5.74) is 4.92. The number of aliphatic carboxylic acids is 1. The molecule has 0 aliphatic carbocycles. The third-order valence-corrected chi connectivity index (χ3v) is 0.933. The van der Waals surface area contributed by atoms with Crippen molar-refractivity contribution >= 4 is 11.9 Å². The lowest BCUT2D eigenvalue weighted by molar-refractivity contribution is -0.141. The molecule has 1 atom stereocenters. The van der Waals surface area contributed by atoms with Crippen LogP contribution in [0, 0.1) is 0 Å². The number of amides is 1. The minimum absolute atomic E-state index is 0.183. The molecule has 5 nitrogen and oxygen atoms in total. The van der Waals surface area contributed by atoms with Crippen molar-refractivity contribution in [3.8, 4) is 0 Å². The normalized spacial score (nSPS) is 12.2. The number of carbonyl (C=O) groups excluding carboxylic acids is 1. The molecule has 0 aliphatic heterocycles. The molecular formula is C5H10N2O3. The van der Waals surface area contributed by atoms with Crippen molar-refractivity contribution in [2.75, 3.05) is 6.54 Å². The van der Waals surface area contributed by atoms with Crippen LogP contribution in [0.2, 0.25) is 0 Å². The quantitative estimate of drug-likeness (QED) is 0.454.